The molecule has 1 unspecified atom stereocenters. The minimum atomic E-state index is -5.08. The molecule has 3 heterocycles. The Kier molecular flexibility index (Phi) is 7.20. The molecule has 4 amide bonds. The van der Waals surface area contributed by atoms with Crippen molar-refractivity contribution in [3.05, 3.63) is 34.9 Å². The van der Waals surface area contributed by atoms with Gasteiger partial charge in [-0.05, 0) is 38.0 Å². The summed E-state index contributed by atoms with van der Waals surface area (Å²) in [4.78, 5) is 61.7. The number of carbonyl (C=O) groups excluding carboxylic acids is 4. The lowest BCUT2D eigenvalue weighted by atomic mass is 9.97. The second kappa shape index (κ2) is 9.64. The minimum absolute atomic E-state index is 0.0958. The maximum Gasteiger partial charge on any atom is 0.490 e. The molecule has 1 aromatic rings. The van der Waals surface area contributed by atoms with Crippen molar-refractivity contribution < 1.29 is 42.3 Å². The number of nitrogens with zero attached hydrogens (tertiary/aromatic N) is 2. The number of halogens is 3. The van der Waals surface area contributed by atoms with Crippen LogP contribution in [-0.2, 0) is 20.9 Å². The van der Waals surface area contributed by atoms with Gasteiger partial charge in [0.2, 0.25) is 11.8 Å². The second-order valence-corrected chi connectivity index (χ2v) is 9.02. The first-order valence-corrected chi connectivity index (χ1v) is 10.8. The number of aliphatic carboxylic acids is 1. The Morgan fingerprint density at radius 3 is 2.40 bits per heavy atom. The molecule has 0 bridgehead atoms. The second-order valence-electron chi connectivity index (χ2n) is 9.02. The van der Waals surface area contributed by atoms with Gasteiger partial charge in [0, 0.05) is 43.7 Å². The van der Waals surface area contributed by atoms with Gasteiger partial charge in [0.1, 0.15) is 6.04 Å². The molecule has 0 spiro atoms. The van der Waals surface area contributed by atoms with Crippen molar-refractivity contribution in [2.24, 2.45) is 0 Å². The molecule has 13 heteroatoms. The predicted octanol–water partition coefficient (Wildman–Crippen LogP) is 0.905. The van der Waals surface area contributed by atoms with Crippen molar-refractivity contribution in [1.29, 1.82) is 0 Å². The molecule has 0 saturated carbocycles. The number of rotatable bonds is 2. The number of alkyl halides is 3. The highest BCUT2D eigenvalue weighted by atomic mass is 19.4. The van der Waals surface area contributed by atoms with Crippen LogP contribution in [0.25, 0.3) is 0 Å². The number of nitrogens with one attached hydrogen (secondary N) is 2. The molecular formula is C22H25F3N4O6. The molecule has 10 nitrogen and oxygen atoms in total. The molecule has 0 aliphatic carbocycles. The number of amides is 4. The zero-order chi connectivity index (χ0) is 26.1. The van der Waals surface area contributed by atoms with Crippen LogP contribution < -0.4 is 10.6 Å². The van der Waals surface area contributed by atoms with Gasteiger partial charge in [0.15, 0.2) is 0 Å². The maximum atomic E-state index is 13.1. The lowest BCUT2D eigenvalue weighted by Crippen LogP contribution is -2.59. The first-order valence-electron chi connectivity index (χ1n) is 10.8. The number of hydrogen-bond acceptors (Lipinski definition) is 6. The van der Waals surface area contributed by atoms with Crippen LogP contribution in [0.15, 0.2) is 18.2 Å². The molecule has 2 saturated heterocycles. The lowest BCUT2D eigenvalue weighted by molar-refractivity contribution is -0.192. The largest absolute Gasteiger partial charge is 0.490 e. The van der Waals surface area contributed by atoms with E-state index in [0.717, 1.165) is 12.1 Å². The number of benzene rings is 1. The number of carbonyl (C=O) groups is 5. The van der Waals surface area contributed by atoms with Crippen molar-refractivity contribution in [1.82, 2.24) is 20.4 Å². The van der Waals surface area contributed by atoms with Gasteiger partial charge < -0.3 is 20.2 Å². The van der Waals surface area contributed by atoms with Crippen LogP contribution in [0.2, 0.25) is 0 Å². The third kappa shape index (κ3) is 5.61. The van der Waals surface area contributed by atoms with Crippen molar-refractivity contribution in [2.75, 3.05) is 19.6 Å². The van der Waals surface area contributed by atoms with E-state index in [1.54, 1.807) is 18.2 Å². The molecule has 3 aliphatic heterocycles. The molecule has 0 radical (unpaired) electrons. The van der Waals surface area contributed by atoms with Crippen LogP contribution in [0.4, 0.5) is 13.2 Å². The van der Waals surface area contributed by atoms with Crippen molar-refractivity contribution in [3.8, 4) is 0 Å². The summed E-state index contributed by atoms with van der Waals surface area (Å²) in [5.41, 5.74) is 1.43. The Balaban J connectivity index is 0.000000429. The summed E-state index contributed by atoms with van der Waals surface area (Å²) in [6, 6.07) is 4.54. The monoisotopic (exact) mass is 498 g/mol. The van der Waals surface area contributed by atoms with Crippen molar-refractivity contribution in [2.45, 2.75) is 51.0 Å². The van der Waals surface area contributed by atoms with Crippen LogP contribution in [-0.4, -0.2) is 81.9 Å². The average Bonchev–Trinajstić information content (AvgIpc) is 3.08. The van der Waals surface area contributed by atoms with E-state index in [0.29, 0.717) is 37.2 Å². The van der Waals surface area contributed by atoms with E-state index in [1.807, 2.05) is 18.7 Å². The molecule has 1 aromatic carbocycles. The third-order valence-electron chi connectivity index (χ3n) is 6.06. The van der Waals surface area contributed by atoms with Gasteiger partial charge in [-0.25, -0.2) is 4.79 Å². The number of fused-ring (bicyclic) bond motifs is 1. The average molecular weight is 498 g/mol. The fraction of sp³-hybridized carbons (Fsp3) is 0.500. The van der Waals surface area contributed by atoms with Gasteiger partial charge in [-0.3, -0.25) is 24.5 Å². The highest BCUT2D eigenvalue weighted by Crippen LogP contribution is 2.29. The summed E-state index contributed by atoms with van der Waals surface area (Å²) in [6.45, 7) is 6.40. The van der Waals surface area contributed by atoms with Crippen molar-refractivity contribution in [3.63, 3.8) is 0 Å². The van der Waals surface area contributed by atoms with Gasteiger partial charge >= 0.3 is 12.1 Å². The summed E-state index contributed by atoms with van der Waals surface area (Å²) in [6.07, 6.45) is -4.54. The quantitative estimate of drug-likeness (QED) is 0.516. The zero-order valence-electron chi connectivity index (χ0n) is 19.1. The van der Waals surface area contributed by atoms with E-state index in [4.69, 9.17) is 9.90 Å². The van der Waals surface area contributed by atoms with E-state index in [9.17, 15) is 32.3 Å². The van der Waals surface area contributed by atoms with E-state index in [1.165, 1.54) is 4.90 Å². The molecule has 35 heavy (non-hydrogen) atoms. The number of piperidine rings is 1. The van der Waals surface area contributed by atoms with Crippen LogP contribution in [0, 0.1) is 0 Å². The van der Waals surface area contributed by atoms with E-state index < -0.39 is 24.1 Å². The van der Waals surface area contributed by atoms with Gasteiger partial charge in [0.05, 0.1) is 5.54 Å². The summed E-state index contributed by atoms with van der Waals surface area (Å²) in [5.74, 6) is -3.86. The standard InChI is InChI=1S/C20H24N4O4.C2HF3O2/c1-20(2)11-21-7-8-24(20)18(27)12-3-4-13-10-23(19(28)14(13)9-12)15-5-6-16(25)22-17(15)26;3-2(4,5)1(6)7/h3-4,9,15,21H,5-8,10-11H2,1-2H3,(H,22,25,26);(H,6,7). The topological polar surface area (TPSA) is 136 Å². The molecule has 0 aromatic heterocycles. The molecular weight excluding hydrogens is 473 g/mol. The molecule has 3 aliphatic rings. The first kappa shape index (κ1) is 26.1. The van der Waals surface area contributed by atoms with E-state index in [-0.39, 0.29) is 29.7 Å². The predicted molar refractivity (Wildman–Crippen MR) is 114 cm³/mol. The molecule has 3 N–H and O–H groups in total. The smallest absolute Gasteiger partial charge is 0.475 e. The van der Waals surface area contributed by atoms with Crippen molar-refractivity contribution >= 4 is 29.6 Å². The zero-order valence-corrected chi connectivity index (χ0v) is 19.1. The highest BCUT2D eigenvalue weighted by Gasteiger charge is 2.40. The van der Waals surface area contributed by atoms with Crippen LogP contribution in [0.1, 0.15) is 53.0 Å². The Hall–Kier alpha value is -3.48. The number of piperazine rings is 1. The first-order chi connectivity index (χ1) is 16.2. The van der Waals surface area contributed by atoms with Gasteiger partial charge in [-0.1, -0.05) is 6.07 Å². The van der Waals surface area contributed by atoms with Crippen LogP contribution >= 0.6 is 0 Å². The number of imide groups is 1. The summed E-state index contributed by atoms with van der Waals surface area (Å²) < 4.78 is 31.7. The maximum absolute atomic E-state index is 13.1. The molecule has 190 valence electrons. The normalized spacial score (nSPS) is 21.6. The fourth-order valence-electron chi connectivity index (χ4n) is 4.20. The van der Waals surface area contributed by atoms with Gasteiger partial charge in [-0.2, -0.15) is 13.2 Å². The van der Waals surface area contributed by atoms with Gasteiger partial charge in [0.25, 0.3) is 11.8 Å². The number of hydrogen-bond donors (Lipinski definition) is 3. The van der Waals surface area contributed by atoms with E-state index >= 15 is 0 Å². The Bertz CT molecular complexity index is 1070. The lowest BCUT2D eigenvalue weighted by Gasteiger charge is -2.42. The van der Waals surface area contributed by atoms with Crippen LogP contribution in [0.3, 0.4) is 0 Å². The third-order valence-corrected chi connectivity index (χ3v) is 6.06. The Morgan fingerprint density at radius 2 is 1.83 bits per heavy atom. The minimum Gasteiger partial charge on any atom is -0.475 e. The number of carboxylic acid groups (broad SMARTS) is 1. The van der Waals surface area contributed by atoms with Crippen LogP contribution in [0.5, 0.6) is 0 Å². The summed E-state index contributed by atoms with van der Waals surface area (Å²) >= 11 is 0. The highest BCUT2D eigenvalue weighted by molar-refractivity contribution is 6.06. The SMILES string of the molecule is CC1(C)CNCCN1C(=O)c1ccc2c(c1)C(=O)N(C1CCC(=O)NC1=O)C2.O=C(O)C(F)(F)F. The Labute approximate surface area is 198 Å². The molecule has 1 atom stereocenters. The Morgan fingerprint density at radius 1 is 1.17 bits per heavy atom. The molecule has 4 rings (SSSR count). The number of carboxylic acids is 1. The van der Waals surface area contributed by atoms with E-state index in [2.05, 4.69) is 10.6 Å². The van der Waals surface area contributed by atoms with Gasteiger partial charge in [-0.15, -0.1) is 0 Å². The summed E-state index contributed by atoms with van der Waals surface area (Å²) in [5, 5.41) is 12.7. The summed E-state index contributed by atoms with van der Waals surface area (Å²) in [7, 11) is 0. The fourth-order valence-corrected chi connectivity index (χ4v) is 4.20. The molecule has 2 fully saturated rings.